The van der Waals surface area contributed by atoms with Crippen LogP contribution in [-0.2, 0) is 4.74 Å². The third kappa shape index (κ3) is 3.43. The third-order valence-electron chi connectivity index (χ3n) is 4.73. The maximum atomic E-state index is 10.7. The molecule has 0 amide bonds. The average molecular weight is 272 g/mol. The van der Waals surface area contributed by atoms with Crippen LogP contribution in [0.3, 0.4) is 0 Å². The van der Waals surface area contributed by atoms with Crippen molar-refractivity contribution in [1.82, 2.24) is 0 Å². The first-order valence-electron chi connectivity index (χ1n) is 7.52. The summed E-state index contributed by atoms with van der Waals surface area (Å²) in [6.07, 6.45) is 7.85. The van der Waals surface area contributed by atoms with Crippen LogP contribution in [0, 0.1) is 5.92 Å². The first-order valence-corrected chi connectivity index (χ1v) is 8.67. The Bertz CT molecular complexity index is 259. The normalized spacial score (nSPS) is 35.8. The number of ether oxygens (including phenoxy) is 1. The third-order valence-corrected chi connectivity index (χ3v) is 5.95. The Kier molecular flexibility index (Phi) is 5.01. The second-order valence-electron chi connectivity index (χ2n) is 6.34. The smallest absolute Gasteiger partial charge is 0.0784 e. The molecule has 2 rings (SSSR count). The van der Waals surface area contributed by atoms with Crippen molar-refractivity contribution in [3.63, 3.8) is 0 Å². The zero-order valence-corrected chi connectivity index (χ0v) is 12.7. The van der Waals surface area contributed by atoms with Crippen LogP contribution >= 0.6 is 11.8 Å². The van der Waals surface area contributed by atoms with E-state index in [0.29, 0.717) is 5.92 Å². The van der Waals surface area contributed by atoms with Gasteiger partial charge in [0.1, 0.15) is 0 Å². The fraction of sp³-hybridized carbons (Fsp3) is 1.00. The fourth-order valence-corrected chi connectivity index (χ4v) is 4.74. The molecule has 0 bridgehead atoms. The molecule has 3 unspecified atom stereocenters. The molecule has 0 aliphatic carbocycles. The standard InChI is InChI=1S/C15H28O2S/c1-3-4-5-7-14(2,16)13-6-9-17-15(11-13)8-10-18-12-15/h13,16H,3-12H2,1-2H3. The van der Waals surface area contributed by atoms with Crippen molar-refractivity contribution < 1.29 is 9.84 Å². The van der Waals surface area contributed by atoms with Gasteiger partial charge in [-0.1, -0.05) is 26.2 Å². The monoisotopic (exact) mass is 272 g/mol. The molecule has 2 aliphatic rings. The summed E-state index contributed by atoms with van der Waals surface area (Å²) in [6.45, 7) is 5.11. The van der Waals surface area contributed by atoms with Gasteiger partial charge in [-0.3, -0.25) is 0 Å². The molecular weight excluding hydrogens is 244 g/mol. The molecule has 0 aromatic heterocycles. The largest absolute Gasteiger partial charge is 0.390 e. The van der Waals surface area contributed by atoms with Crippen molar-refractivity contribution in [3.8, 4) is 0 Å². The fourth-order valence-electron chi connectivity index (χ4n) is 3.36. The molecule has 1 spiro atoms. The summed E-state index contributed by atoms with van der Waals surface area (Å²) in [6, 6.07) is 0. The summed E-state index contributed by atoms with van der Waals surface area (Å²) in [5.74, 6) is 2.79. The Labute approximate surface area is 116 Å². The zero-order valence-electron chi connectivity index (χ0n) is 11.9. The number of hydrogen-bond donors (Lipinski definition) is 1. The van der Waals surface area contributed by atoms with Crippen molar-refractivity contribution in [2.75, 3.05) is 18.1 Å². The Hall–Kier alpha value is 0.270. The van der Waals surface area contributed by atoms with Gasteiger partial charge in [-0.25, -0.2) is 0 Å². The van der Waals surface area contributed by atoms with E-state index in [1.54, 1.807) is 0 Å². The zero-order chi connectivity index (χ0) is 13.1. The highest BCUT2D eigenvalue weighted by Crippen LogP contribution is 2.44. The van der Waals surface area contributed by atoms with Gasteiger partial charge in [-0.2, -0.15) is 11.8 Å². The van der Waals surface area contributed by atoms with Crippen LogP contribution in [0.15, 0.2) is 0 Å². The van der Waals surface area contributed by atoms with E-state index in [1.165, 1.54) is 25.0 Å². The second-order valence-corrected chi connectivity index (χ2v) is 7.44. The van der Waals surface area contributed by atoms with E-state index in [1.807, 2.05) is 11.8 Å². The lowest BCUT2D eigenvalue weighted by atomic mass is 9.74. The van der Waals surface area contributed by atoms with Crippen LogP contribution < -0.4 is 0 Å². The molecule has 0 saturated carbocycles. The molecule has 1 N–H and O–H groups in total. The van der Waals surface area contributed by atoms with Gasteiger partial charge in [-0.15, -0.1) is 0 Å². The van der Waals surface area contributed by atoms with Gasteiger partial charge in [0.2, 0.25) is 0 Å². The molecule has 2 fully saturated rings. The van der Waals surface area contributed by atoms with Crippen LogP contribution in [0.25, 0.3) is 0 Å². The topological polar surface area (TPSA) is 29.5 Å². The van der Waals surface area contributed by atoms with Crippen molar-refractivity contribution in [2.45, 2.75) is 70.0 Å². The average Bonchev–Trinajstić information content (AvgIpc) is 2.77. The van der Waals surface area contributed by atoms with Gasteiger partial charge >= 0.3 is 0 Å². The lowest BCUT2D eigenvalue weighted by Gasteiger charge is -2.43. The van der Waals surface area contributed by atoms with E-state index < -0.39 is 5.60 Å². The number of unbranched alkanes of at least 4 members (excludes halogenated alkanes) is 2. The van der Waals surface area contributed by atoms with Gasteiger partial charge < -0.3 is 9.84 Å². The minimum atomic E-state index is -0.487. The van der Waals surface area contributed by atoms with Crippen molar-refractivity contribution in [3.05, 3.63) is 0 Å². The molecule has 0 aromatic rings. The molecule has 2 saturated heterocycles. The minimum Gasteiger partial charge on any atom is -0.390 e. The van der Waals surface area contributed by atoms with Crippen molar-refractivity contribution in [1.29, 1.82) is 0 Å². The van der Waals surface area contributed by atoms with Gasteiger partial charge in [0.15, 0.2) is 0 Å². The molecule has 2 heterocycles. The maximum Gasteiger partial charge on any atom is 0.0784 e. The van der Waals surface area contributed by atoms with Crippen LogP contribution in [0.5, 0.6) is 0 Å². The van der Waals surface area contributed by atoms with E-state index in [4.69, 9.17) is 4.74 Å². The SMILES string of the molecule is CCCCCC(C)(O)C1CCOC2(CCSC2)C1. The van der Waals surface area contributed by atoms with Gasteiger partial charge in [0.25, 0.3) is 0 Å². The minimum absolute atomic E-state index is 0.0995. The molecule has 106 valence electrons. The lowest BCUT2D eigenvalue weighted by molar-refractivity contribution is -0.129. The molecule has 3 heteroatoms. The molecule has 0 radical (unpaired) electrons. The van der Waals surface area contributed by atoms with E-state index >= 15 is 0 Å². The van der Waals surface area contributed by atoms with Crippen molar-refractivity contribution in [2.24, 2.45) is 5.92 Å². The lowest BCUT2D eigenvalue weighted by Crippen LogP contribution is -2.47. The molecule has 18 heavy (non-hydrogen) atoms. The summed E-state index contributed by atoms with van der Waals surface area (Å²) < 4.78 is 6.05. The molecular formula is C15H28O2S. The highest BCUT2D eigenvalue weighted by molar-refractivity contribution is 7.99. The molecule has 0 aromatic carbocycles. The molecule has 2 aliphatic heterocycles. The van der Waals surface area contributed by atoms with Crippen LogP contribution in [0.4, 0.5) is 0 Å². The van der Waals surface area contributed by atoms with Crippen LogP contribution in [-0.4, -0.2) is 34.4 Å². The van der Waals surface area contributed by atoms with E-state index in [-0.39, 0.29) is 5.60 Å². The molecule has 3 atom stereocenters. The Morgan fingerprint density at radius 2 is 2.28 bits per heavy atom. The second kappa shape index (κ2) is 6.15. The Morgan fingerprint density at radius 1 is 1.44 bits per heavy atom. The van der Waals surface area contributed by atoms with Crippen molar-refractivity contribution >= 4 is 11.8 Å². The van der Waals surface area contributed by atoms with Crippen LogP contribution in [0.1, 0.15) is 58.8 Å². The van der Waals surface area contributed by atoms with Crippen LogP contribution in [0.2, 0.25) is 0 Å². The predicted octanol–water partition coefficient (Wildman–Crippen LogP) is 3.62. The number of thioether (sulfide) groups is 1. The summed E-state index contributed by atoms with van der Waals surface area (Å²) in [5, 5.41) is 10.7. The highest BCUT2D eigenvalue weighted by Gasteiger charge is 2.45. The Morgan fingerprint density at radius 3 is 2.94 bits per heavy atom. The number of rotatable bonds is 5. The first kappa shape index (κ1) is 14.7. The Balaban J connectivity index is 1.90. The van der Waals surface area contributed by atoms with Gasteiger partial charge in [-0.05, 0) is 44.3 Å². The van der Waals surface area contributed by atoms with Gasteiger partial charge in [0.05, 0.1) is 11.2 Å². The van der Waals surface area contributed by atoms with E-state index in [0.717, 1.165) is 38.0 Å². The number of hydrogen-bond acceptors (Lipinski definition) is 3. The quantitative estimate of drug-likeness (QED) is 0.775. The molecule has 2 nitrogen and oxygen atoms in total. The summed E-state index contributed by atoms with van der Waals surface area (Å²) in [4.78, 5) is 0. The maximum absolute atomic E-state index is 10.7. The van der Waals surface area contributed by atoms with Gasteiger partial charge in [0, 0.05) is 12.4 Å². The van der Waals surface area contributed by atoms with E-state index in [2.05, 4.69) is 13.8 Å². The predicted molar refractivity (Wildman–Crippen MR) is 78.1 cm³/mol. The number of aliphatic hydroxyl groups is 1. The first-order chi connectivity index (χ1) is 8.58. The summed E-state index contributed by atoms with van der Waals surface area (Å²) >= 11 is 2.01. The summed E-state index contributed by atoms with van der Waals surface area (Å²) in [5.41, 5.74) is -0.387. The summed E-state index contributed by atoms with van der Waals surface area (Å²) in [7, 11) is 0. The highest BCUT2D eigenvalue weighted by atomic mass is 32.2. The van der Waals surface area contributed by atoms with E-state index in [9.17, 15) is 5.11 Å².